The molecule has 4 nitrogen and oxygen atoms in total. The van der Waals surface area contributed by atoms with Gasteiger partial charge in [-0.05, 0) is 55.6 Å². The Bertz CT molecular complexity index is 876. The van der Waals surface area contributed by atoms with E-state index in [1.54, 1.807) is 12.4 Å². The Morgan fingerprint density at radius 2 is 2.13 bits per heavy atom. The van der Waals surface area contributed by atoms with Gasteiger partial charge in [-0.2, -0.15) is 5.26 Å². The summed E-state index contributed by atoms with van der Waals surface area (Å²) in [7, 11) is 0. The number of nitriles is 1. The molecule has 0 saturated heterocycles. The molecule has 0 atom stereocenters. The lowest BCUT2D eigenvalue weighted by Gasteiger charge is -2.06. The number of H-pyrrole nitrogens is 1. The van der Waals surface area contributed by atoms with E-state index < -0.39 is 0 Å². The van der Waals surface area contributed by atoms with Crippen LogP contribution in [0, 0.1) is 11.3 Å². The number of nitrogens with two attached hydrogens (primary N) is 1. The molecule has 0 aliphatic carbocycles. The van der Waals surface area contributed by atoms with Gasteiger partial charge in [-0.25, -0.2) is 0 Å². The van der Waals surface area contributed by atoms with Crippen molar-refractivity contribution in [1.29, 1.82) is 5.26 Å². The van der Waals surface area contributed by atoms with E-state index in [1.807, 2.05) is 24.3 Å². The normalized spacial score (nSPS) is 10.8. The quantitative estimate of drug-likeness (QED) is 0.695. The number of aromatic nitrogens is 2. The van der Waals surface area contributed by atoms with Gasteiger partial charge in [0.2, 0.25) is 0 Å². The van der Waals surface area contributed by atoms with Crippen LogP contribution in [0.1, 0.15) is 24.0 Å². The molecule has 0 amide bonds. The average molecular weight is 325 g/mol. The summed E-state index contributed by atoms with van der Waals surface area (Å²) in [6, 6.07) is 9.81. The summed E-state index contributed by atoms with van der Waals surface area (Å²) in [5.41, 5.74) is 10.4. The fraction of sp³-hybridized carbons (Fsp3) is 0.222. The van der Waals surface area contributed by atoms with E-state index in [0.717, 1.165) is 41.4 Å². The summed E-state index contributed by atoms with van der Waals surface area (Å²) in [6.45, 7) is 0.678. The molecule has 3 N–H and O–H groups in total. The number of aromatic amines is 1. The molecule has 2 aromatic heterocycles. The van der Waals surface area contributed by atoms with Crippen molar-refractivity contribution in [3.63, 3.8) is 0 Å². The van der Waals surface area contributed by atoms with Crippen LogP contribution in [0.2, 0.25) is 5.02 Å². The largest absolute Gasteiger partial charge is 0.354 e. The molecular formula is C18H17ClN4. The van der Waals surface area contributed by atoms with E-state index >= 15 is 0 Å². The number of hydrogen-bond acceptors (Lipinski definition) is 3. The molecule has 2 heterocycles. The van der Waals surface area contributed by atoms with Crippen molar-refractivity contribution in [3.8, 4) is 17.3 Å². The zero-order valence-corrected chi connectivity index (χ0v) is 13.4. The van der Waals surface area contributed by atoms with Crippen LogP contribution in [0.15, 0.2) is 36.7 Å². The molecule has 0 bridgehead atoms. The molecule has 0 radical (unpaired) electrons. The molecule has 0 saturated carbocycles. The van der Waals surface area contributed by atoms with Crippen LogP contribution in [0.25, 0.3) is 22.2 Å². The number of pyridine rings is 1. The molecule has 1 aromatic carbocycles. The number of hydrogen-bond donors (Lipinski definition) is 2. The second kappa shape index (κ2) is 6.82. The van der Waals surface area contributed by atoms with Gasteiger partial charge in [-0.1, -0.05) is 11.6 Å². The lowest BCUT2D eigenvalue weighted by molar-refractivity contribution is 0.748. The number of halogens is 1. The molecule has 0 fully saturated rings. The highest BCUT2D eigenvalue weighted by molar-refractivity contribution is 6.33. The Kier molecular flexibility index (Phi) is 4.61. The molecule has 5 heteroatoms. The fourth-order valence-corrected chi connectivity index (χ4v) is 3.04. The third kappa shape index (κ3) is 3.07. The zero-order valence-electron chi connectivity index (χ0n) is 12.6. The summed E-state index contributed by atoms with van der Waals surface area (Å²) in [5.74, 6) is 0. The lowest BCUT2D eigenvalue weighted by Crippen LogP contribution is -1.99. The first-order valence-electron chi connectivity index (χ1n) is 7.59. The number of benzene rings is 1. The fourth-order valence-electron chi connectivity index (χ4n) is 2.83. The summed E-state index contributed by atoms with van der Waals surface area (Å²) in [5, 5.41) is 10.8. The maximum Gasteiger partial charge on any atom is 0.0991 e. The Morgan fingerprint density at radius 1 is 1.26 bits per heavy atom. The Morgan fingerprint density at radius 3 is 2.87 bits per heavy atom. The molecule has 23 heavy (non-hydrogen) atoms. The van der Waals surface area contributed by atoms with Gasteiger partial charge in [0.25, 0.3) is 0 Å². The number of unbranched alkanes of at least 4 members (excludes halogenated alkanes) is 1. The van der Waals surface area contributed by atoms with Gasteiger partial charge in [-0.3, -0.25) is 4.98 Å². The highest BCUT2D eigenvalue weighted by Gasteiger charge is 2.15. The average Bonchev–Trinajstić information content (AvgIpc) is 2.93. The molecule has 3 rings (SSSR count). The number of aryl methyl sites for hydroxylation is 1. The number of nitrogens with one attached hydrogen (secondary N) is 1. The van der Waals surface area contributed by atoms with Crippen molar-refractivity contribution >= 4 is 22.5 Å². The summed E-state index contributed by atoms with van der Waals surface area (Å²) in [4.78, 5) is 7.50. The molecule has 3 aromatic rings. The van der Waals surface area contributed by atoms with E-state index in [4.69, 9.17) is 22.6 Å². The maximum absolute atomic E-state index is 9.16. The second-order valence-corrected chi connectivity index (χ2v) is 5.86. The Balaban J connectivity index is 2.18. The van der Waals surface area contributed by atoms with Crippen molar-refractivity contribution in [2.75, 3.05) is 6.54 Å². The Labute approximate surface area is 139 Å². The third-order valence-corrected chi connectivity index (χ3v) is 4.26. The van der Waals surface area contributed by atoms with E-state index in [0.29, 0.717) is 17.1 Å². The lowest BCUT2D eigenvalue weighted by atomic mass is 10.00. The molecule has 0 spiro atoms. The molecular weight excluding hydrogens is 308 g/mol. The topological polar surface area (TPSA) is 78.5 Å². The molecule has 0 unspecified atom stereocenters. The minimum atomic E-state index is 0.611. The van der Waals surface area contributed by atoms with Gasteiger partial charge in [0.15, 0.2) is 0 Å². The van der Waals surface area contributed by atoms with Crippen molar-refractivity contribution in [2.45, 2.75) is 19.3 Å². The van der Waals surface area contributed by atoms with Crippen molar-refractivity contribution < 1.29 is 0 Å². The van der Waals surface area contributed by atoms with E-state index in [1.165, 1.54) is 5.56 Å². The van der Waals surface area contributed by atoms with Crippen LogP contribution in [-0.2, 0) is 6.42 Å². The number of nitrogens with zero attached hydrogens (tertiary/aromatic N) is 2. The van der Waals surface area contributed by atoms with Crippen LogP contribution in [0.5, 0.6) is 0 Å². The first-order chi connectivity index (χ1) is 11.2. The smallest absolute Gasteiger partial charge is 0.0991 e. The van der Waals surface area contributed by atoms with Gasteiger partial charge >= 0.3 is 0 Å². The minimum Gasteiger partial charge on any atom is -0.354 e. The van der Waals surface area contributed by atoms with Crippen LogP contribution < -0.4 is 5.73 Å². The SMILES string of the molecule is N#Cc1ccc2[nH]c(-c3ccncc3Cl)c(CCCCN)c2c1. The number of fused-ring (bicyclic) bond motifs is 1. The summed E-state index contributed by atoms with van der Waals surface area (Å²) >= 11 is 6.32. The molecule has 116 valence electrons. The van der Waals surface area contributed by atoms with Crippen LogP contribution in [0.3, 0.4) is 0 Å². The molecule has 0 aliphatic heterocycles. The summed E-state index contributed by atoms with van der Waals surface area (Å²) < 4.78 is 0. The highest BCUT2D eigenvalue weighted by Crippen LogP contribution is 2.35. The van der Waals surface area contributed by atoms with Gasteiger partial charge < -0.3 is 10.7 Å². The first-order valence-corrected chi connectivity index (χ1v) is 7.97. The monoisotopic (exact) mass is 324 g/mol. The van der Waals surface area contributed by atoms with Crippen LogP contribution in [-0.4, -0.2) is 16.5 Å². The van der Waals surface area contributed by atoms with Crippen molar-refractivity contribution in [3.05, 3.63) is 52.8 Å². The van der Waals surface area contributed by atoms with Gasteiger partial charge in [0.05, 0.1) is 22.3 Å². The predicted octanol–water partition coefficient (Wildman–Crippen LogP) is 4.04. The van der Waals surface area contributed by atoms with Gasteiger partial charge in [0, 0.05) is 28.9 Å². The van der Waals surface area contributed by atoms with E-state index in [2.05, 4.69) is 16.0 Å². The standard InChI is InChI=1S/C18H17ClN4/c19-16-11-22-8-6-14(16)18-13(3-1-2-7-20)15-9-12(10-21)4-5-17(15)23-18/h4-6,8-9,11,23H,1-3,7,20H2. The van der Waals surface area contributed by atoms with E-state index in [-0.39, 0.29) is 0 Å². The maximum atomic E-state index is 9.16. The van der Waals surface area contributed by atoms with Crippen LogP contribution >= 0.6 is 11.6 Å². The molecule has 0 aliphatic rings. The zero-order chi connectivity index (χ0) is 16.2. The minimum absolute atomic E-state index is 0.611. The van der Waals surface area contributed by atoms with Gasteiger partial charge in [0.1, 0.15) is 0 Å². The van der Waals surface area contributed by atoms with E-state index in [9.17, 15) is 0 Å². The number of rotatable bonds is 5. The predicted molar refractivity (Wildman–Crippen MR) is 93.2 cm³/mol. The second-order valence-electron chi connectivity index (χ2n) is 5.45. The van der Waals surface area contributed by atoms with Gasteiger partial charge in [-0.15, -0.1) is 0 Å². The van der Waals surface area contributed by atoms with Crippen molar-refractivity contribution in [1.82, 2.24) is 9.97 Å². The Hall–Kier alpha value is -2.35. The van der Waals surface area contributed by atoms with Crippen LogP contribution in [0.4, 0.5) is 0 Å². The highest BCUT2D eigenvalue weighted by atomic mass is 35.5. The summed E-state index contributed by atoms with van der Waals surface area (Å²) in [6.07, 6.45) is 6.23. The van der Waals surface area contributed by atoms with Crippen molar-refractivity contribution in [2.24, 2.45) is 5.73 Å². The third-order valence-electron chi connectivity index (χ3n) is 3.96. The first kappa shape index (κ1) is 15.5.